The van der Waals surface area contributed by atoms with Gasteiger partial charge in [-0.2, -0.15) is 0 Å². The number of Topliss-reactive ketones (excluding diaryl/α,β-unsaturated/α-hetero) is 1. The Hall–Kier alpha value is -4.22. The van der Waals surface area contributed by atoms with Crippen LogP contribution in [0.5, 0.6) is 0 Å². The Morgan fingerprint density at radius 1 is 1.10 bits per heavy atom. The molecule has 4 rings (SSSR count). The first-order chi connectivity index (χ1) is 19.8. The summed E-state index contributed by atoms with van der Waals surface area (Å²) in [7, 11) is 1.50. The van der Waals surface area contributed by atoms with Gasteiger partial charge in [0.15, 0.2) is 5.78 Å². The summed E-state index contributed by atoms with van der Waals surface area (Å²) >= 11 is 0. The van der Waals surface area contributed by atoms with Gasteiger partial charge >= 0.3 is 0 Å². The smallest absolute Gasteiger partial charge is 0.161 e. The van der Waals surface area contributed by atoms with Crippen molar-refractivity contribution in [3.05, 3.63) is 127 Å². The Balaban J connectivity index is 0.00000141. The van der Waals surface area contributed by atoms with Crippen molar-refractivity contribution < 1.29 is 9.18 Å². The van der Waals surface area contributed by atoms with E-state index >= 15 is 4.39 Å². The zero-order valence-corrected chi connectivity index (χ0v) is 25.1. The van der Waals surface area contributed by atoms with Gasteiger partial charge in [-0.25, -0.2) is 4.39 Å². The second kappa shape index (κ2) is 15.5. The van der Waals surface area contributed by atoms with Crippen molar-refractivity contribution in [2.24, 2.45) is 11.7 Å². The van der Waals surface area contributed by atoms with E-state index in [0.717, 1.165) is 35.4 Å². The maximum atomic E-state index is 15.7. The number of halogens is 1. The largest absolute Gasteiger partial charge is 0.368 e. The van der Waals surface area contributed by atoms with Gasteiger partial charge in [-0.3, -0.25) is 4.79 Å². The number of nitrogens with two attached hydrogens (primary N) is 1. The highest BCUT2D eigenvalue weighted by atomic mass is 19.1. The van der Waals surface area contributed by atoms with E-state index in [1.807, 2.05) is 61.4 Å². The van der Waals surface area contributed by atoms with Gasteiger partial charge in [-0.05, 0) is 54.6 Å². The van der Waals surface area contributed by atoms with Crippen molar-refractivity contribution in [1.29, 1.82) is 0 Å². The van der Waals surface area contributed by atoms with Crippen LogP contribution in [0.1, 0.15) is 49.4 Å². The molecule has 1 atom stereocenters. The summed E-state index contributed by atoms with van der Waals surface area (Å²) < 4.78 is 15.7. The van der Waals surface area contributed by atoms with Gasteiger partial charge in [0, 0.05) is 42.5 Å². The van der Waals surface area contributed by atoms with E-state index in [1.54, 1.807) is 18.2 Å². The lowest BCUT2D eigenvalue weighted by molar-refractivity contribution is -0.113. The van der Waals surface area contributed by atoms with Gasteiger partial charge in [-0.15, -0.1) is 6.58 Å². The van der Waals surface area contributed by atoms with Gasteiger partial charge < -0.3 is 15.5 Å². The van der Waals surface area contributed by atoms with Crippen molar-refractivity contribution in [1.82, 2.24) is 0 Å². The van der Waals surface area contributed by atoms with Gasteiger partial charge in [0.1, 0.15) is 5.82 Å². The van der Waals surface area contributed by atoms with Crippen LogP contribution in [0.25, 0.3) is 17.2 Å². The molecule has 2 N–H and O–H groups in total. The topological polar surface area (TPSA) is 49.6 Å². The summed E-state index contributed by atoms with van der Waals surface area (Å²) in [5.41, 5.74) is 11.2. The molecule has 2 aromatic rings. The monoisotopic (exact) mass is 553 g/mol. The molecule has 0 spiro atoms. The first-order valence-electron chi connectivity index (χ1n) is 14.0. The molecular formula is C36H44FN3O. The van der Waals surface area contributed by atoms with E-state index < -0.39 is 0 Å². The summed E-state index contributed by atoms with van der Waals surface area (Å²) in [5.74, 6) is -0.128. The van der Waals surface area contributed by atoms with Gasteiger partial charge in [0.2, 0.25) is 0 Å². The number of hydrogen-bond acceptors (Lipinski definition) is 4. The lowest BCUT2D eigenvalue weighted by Crippen LogP contribution is -2.27. The molecule has 2 aliphatic heterocycles. The first kappa shape index (κ1) is 33.0. The molecule has 2 aromatic carbocycles. The number of rotatable bonds is 9. The van der Waals surface area contributed by atoms with Gasteiger partial charge in [0.05, 0.1) is 11.4 Å². The highest BCUT2D eigenvalue weighted by Crippen LogP contribution is 2.46. The molecule has 41 heavy (non-hydrogen) atoms. The average molecular weight is 554 g/mol. The lowest BCUT2D eigenvalue weighted by atomic mass is 9.89. The van der Waals surface area contributed by atoms with Crippen LogP contribution < -0.4 is 15.5 Å². The molecule has 4 nitrogen and oxygen atoms in total. The van der Waals surface area contributed by atoms with Crippen molar-refractivity contribution in [3.8, 4) is 0 Å². The summed E-state index contributed by atoms with van der Waals surface area (Å²) in [5, 5.41) is 0. The van der Waals surface area contributed by atoms with Crippen LogP contribution in [-0.2, 0) is 11.3 Å². The number of benzene rings is 2. The zero-order valence-electron chi connectivity index (χ0n) is 25.1. The minimum Gasteiger partial charge on any atom is -0.368 e. The van der Waals surface area contributed by atoms with Gasteiger partial charge in [0.25, 0.3) is 0 Å². The number of ketones is 1. The number of nitrogens with zero attached hydrogens (tertiary/aromatic N) is 2. The third kappa shape index (κ3) is 7.11. The second-order valence-corrected chi connectivity index (χ2v) is 9.42. The molecule has 2 heterocycles. The quantitative estimate of drug-likeness (QED) is 0.250. The summed E-state index contributed by atoms with van der Waals surface area (Å²) in [6, 6.07) is 9.69. The van der Waals surface area contributed by atoms with E-state index in [4.69, 9.17) is 0 Å². The number of hydrogen-bond donors (Lipinski definition) is 1. The Morgan fingerprint density at radius 2 is 1.76 bits per heavy atom. The maximum absolute atomic E-state index is 15.7. The number of fused-ring (bicyclic) bond motifs is 1. The molecule has 1 saturated heterocycles. The molecule has 1 fully saturated rings. The number of carbonyl (C=O) groups is 1. The summed E-state index contributed by atoms with van der Waals surface area (Å²) in [6.45, 7) is 27.2. The van der Waals surface area contributed by atoms with Crippen LogP contribution in [-0.4, -0.2) is 25.9 Å². The van der Waals surface area contributed by atoms with Crippen LogP contribution in [0.15, 0.2) is 99.3 Å². The fourth-order valence-corrected chi connectivity index (χ4v) is 5.17. The maximum Gasteiger partial charge on any atom is 0.161 e. The molecule has 2 aliphatic rings. The van der Waals surface area contributed by atoms with E-state index in [9.17, 15) is 4.79 Å². The van der Waals surface area contributed by atoms with E-state index in [-0.39, 0.29) is 11.6 Å². The van der Waals surface area contributed by atoms with Crippen LogP contribution in [0, 0.1) is 11.7 Å². The minimum absolute atomic E-state index is 0.112. The summed E-state index contributed by atoms with van der Waals surface area (Å²) in [4.78, 5) is 16.6. The molecule has 0 amide bonds. The Labute approximate surface area is 246 Å². The lowest BCUT2D eigenvalue weighted by Gasteiger charge is -2.34. The highest BCUT2D eigenvalue weighted by Gasteiger charge is 2.32. The average Bonchev–Trinajstić information content (AvgIpc) is 3.48. The molecule has 216 valence electrons. The molecule has 1 unspecified atom stereocenters. The van der Waals surface area contributed by atoms with Gasteiger partial charge in [-0.1, -0.05) is 94.8 Å². The number of carbonyl (C=O) groups excluding carboxylic acids is 1. The molecular weight excluding hydrogens is 509 g/mol. The van der Waals surface area contributed by atoms with Crippen molar-refractivity contribution >= 4 is 34.4 Å². The molecule has 0 bridgehead atoms. The van der Waals surface area contributed by atoms with E-state index in [0.29, 0.717) is 47.0 Å². The third-order valence-electron chi connectivity index (χ3n) is 7.10. The Kier molecular flexibility index (Phi) is 12.5. The standard InChI is InChI=1S/C33H33FN2O.C2H6.CH5N/c1-7-11-26(9-3)27-14-12-25(13-15-27)20-36-21-30(23(6)37)22(5)29-18-31(34)33(28(10-4)32(29)36)35-17-16-24(8-2)19-35;2*1-2/h7-15,18,21,24H,1-5,16-17,19-20H2,6H3;1-2H3;2H2,1H3/b26-11+;;. The van der Waals surface area contributed by atoms with Crippen LogP contribution in [0.3, 0.4) is 0 Å². The third-order valence-corrected chi connectivity index (χ3v) is 7.10. The Morgan fingerprint density at radius 3 is 2.27 bits per heavy atom. The molecule has 0 aromatic heterocycles. The molecule has 5 heteroatoms. The van der Waals surface area contributed by atoms with Crippen molar-refractivity contribution in [2.45, 2.75) is 33.7 Å². The number of anilines is 2. The van der Waals surface area contributed by atoms with Crippen molar-refractivity contribution in [3.63, 3.8) is 0 Å². The van der Waals surface area contributed by atoms with E-state index in [2.05, 4.69) is 43.5 Å². The van der Waals surface area contributed by atoms with Crippen LogP contribution in [0.2, 0.25) is 0 Å². The normalized spacial score (nSPS) is 15.9. The van der Waals surface area contributed by atoms with E-state index in [1.165, 1.54) is 20.0 Å². The van der Waals surface area contributed by atoms with Crippen LogP contribution >= 0.6 is 0 Å². The SMILES string of the molecule is C=C/C=C(\C=C)c1ccc(CN2C=C(C(C)=O)C(=C)c3cc(F)c(N4CCC(C=C)C4)c(C=C)c32)cc1.CC.CN. The predicted octanol–water partition coefficient (Wildman–Crippen LogP) is 8.34. The second-order valence-electron chi connectivity index (χ2n) is 9.42. The zero-order chi connectivity index (χ0) is 30.7. The fourth-order valence-electron chi connectivity index (χ4n) is 5.17. The molecule has 0 aliphatic carbocycles. The molecule has 0 radical (unpaired) electrons. The first-order valence-corrected chi connectivity index (χ1v) is 14.0. The predicted molar refractivity (Wildman–Crippen MR) is 177 cm³/mol. The van der Waals surface area contributed by atoms with Crippen LogP contribution in [0.4, 0.5) is 15.8 Å². The van der Waals surface area contributed by atoms with Crippen molar-refractivity contribution in [2.75, 3.05) is 29.9 Å². The summed E-state index contributed by atoms with van der Waals surface area (Å²) in [6.07, 6.45) is 11.9. The Bertz CT molecular complexity index is 1360. The fraction of sp³-hybridized carbons (Fsp3) is 0.250. The number of allylic oxidation sites excluding steroid dienone is 6. The minimum atomic E-state index is -0.334. The molecule has 0 saturated carbocycles. The highest BCUT2D eigenvalue weighted by molar-refractivity contribution is 6.12.